The molecule has 1 aliphatic heterocycles. The molecule has 0 radical (unpaired) electrons. The van der Waals surface area contributed by atoms with Gasteiger partial charge in [-0.05, 0) is 5.92 Å². The first-order chi connectivity index (χ1) is 5.84. The van der Waals surface area contributed by atoms with E-state index in [9.17, 15) is 0 Å². The Bertz CT molecular complexity index is 213. The van der Waals surface area contributed by atoms with Crippen molar-refractivity contribution in [3.05, 3.63) is 0 Å². The molecule has 0 bridgehead atoms. The van der Waals surface area contributed by atoms with Gasteiger partial charge in [0.25, 0.3) is 0 Å². The average molecular weight is 183 g/mol. The van der Waals surface area contributed by atoms with Crippen LogP contribution in [0.5, 0.6) is 0 Å². The predicted octanol–water partition coefficient (Wildman–Crippen LogP) is 3.08. The molecule has 0 aromatic rings. The molecule has 0 unspecified atom stereocenters. The fraction of sp³-hybridized carbons (Fsp3) is 0.909. The van der Waals surface area contributed by atoms with Gasteiger partial charge in [-0.25, -0.2) is 0 Å². The van der Waals surface area contributed by atoms with Crippen LogP contribution in [0.4, 0.5) is 0 Å². The molecular weight excluding hydrogens is 162 g/mol. The highest BCUT2D eigenvalue weighted by molar-refractivity contribution is 5.92. The van der Waals surface area contributed by atoms with Gasteiger partial charge in [0.1, 0.15) is 6.10 Å². The van der Waals surface area contributed by atoms with Crippen molar-refractivity contribution in [3.63, 3.8) is 0 Å². The van der Waals surface area contributed by atoms with Gasteiger partial charge in [0, 0.05) is 11.3 Å². The SMILES string of the molecule is CC(C)[C@@H]1ON=C(C(C)(C)C)[C@@H]1C. The second kappa shape index (κ2) is 3.32. The van der Waals surface area contributed by atoms with E-state index >= 15 is 0 Å². The molecule has 0 aromatic heterocycles. The van der Waals surface area contributed by atoms with E-state index in [4.69, 9.17) is 4.84 Å². The van der Waals surface area contributed by atoms with Gasteiger partial charge in [-0.3, -0.25) is 0 Å². The maximum Gasteiger partial charge on any atom is 0.137 e. The fourth-order valence-corrected chi connectivity index (χ4v) is 1.97. The Balaban J connectivity index is 2.74. The number of oxime groups is 1. The first-order valence-electron chi connectivity index (χ1n) is 5.08. The van der Waals surface area contributed by atoms with Crippen LogP contribution in [-0.2, 0) is 4.84 Å². The van der Waals surface area contributed by atoms with Crippen molar-refractivity contribution in [1.82, 2.24) is 0 Å². The average Bonchev–Trinajstić information content (AvgIpc) is 2.28. The Labute approximate surface area is 81.3 Å². The van der Waals surface area contributed by atoms with Crippen molar-refractivity contribution in [2.24, 2.45) is 22.4 Å². The summed E-state index contributed by atoms with van der Waals surface area (Å²) in [7, 11) is 0. The molecule has 0 fully saturated rings. The highest BCUT2D eigenvalue weighted by atomic mass is 16.6. The summed E-state index contributed by atoms with van der Waals surface area (Å²) in [5.41, 5.74) is 1.34. The van der Waals surface area contributed by atoms with Crippen LogP contribution in [0.25, 0.3) is 0 Å². The molecule has 13 heavy (non-hydrogen) atoms. The van der Waals surface area contributed by atoms with Crippen molar-refractivity contribution in [2.45, 2.75) is 47.6 Å². The van der Waals surface area contributed by atoms with Crippen LogP contribution in [0.1, 0.15) is 41.5 Å². The monoisotopic (exact) mass is 183 g/mol. The van der Waals surface area contributed by atoms with Gasteiger partial charge < -0.3 is 4.84 Å². The van der Waals surface area contributed by atoms with Gasteiger partial charge in [-0.2, -0.15) is 0 Å². The van der Waals surface area contributed by atoms with Crippen molar-refractivity contribution in [3.8, 4) is 0 Å². The number of nitrogens with zero attached hydrogens (tertiary/aromatic N) is 1. The minimum absolute atomic E-state index is 0.142. The molecule has 0 saturated carbocycles. The van der Waals surface area contributed by atoms with Crippen LogP contribution < -0.4 is 0 Å². The summed E-state index contributed by atoms with van der Waals surface area (Å²) in [5.74, 6) is 0.999. The lowest BCUT2D eigenvalue weighted by atomic mass is 9.79. The summed E-state index contributed by atoms with van der Waals surface area (Å²) in [6, 6.07) is 0. The summed E-state index contributed by atoms with van der Waals surface area (Å²) < 4.78 is 0. The molecule has 1 heterocycles. The molecule has 0 aliphatic carbocycles. The third-order valence-electron chi connectivity index (χ3n) is 2.62. The van der Waals surface area contributed by atoms with Gasteiger partial charge in [-0.1, -0.05) is 46.7 Å². The maximum atomic E-state index is 5.45. The third kappa shape index (κ3) is 2.04. The van der Waals surface area contributed by atoms with Crippen LogP contribution in [0.15, 0.2) is 5.16 Å². The highest BCUT2D eigenvalue weighted by Gasteiger charge is 2.37. The van der Waals surface area contributed by atoms with Gasteiger partial charge in [-0.15, -0.1) is 0 Å². The standard InChI is InChI=1S/C11H21NO/c1-7(2)9-8(3)10(12-13-9)11(4,5)6/h7-9H,1-6H3/t8-,9+/m1/s1. The number of hydrogen-bond acceptors (Lipinski definition) is 2. The molecular formula is C11H21NO. The second-order valence-corrected chi connectivity index (χ2v) is 5.33. The quantitative estimate of drug-likeness (QED) is 0.612. The highest BCUT2D eigenvalue weighted by Crippen LogP contribution is 2.32. The van der Waals surface area contributed by atoms with Crippen LogP contribution >= 0.6 is 0 Å². The van der Waals surface area contributed by atoms with Crippen molar-refractivity contribution < 1.29 is 4.84 Å². The Morgan fingerprint density at radius 1 is 1.31 bits per heavy atom. The predicted molar refractivity (Wildman–Crippen MR) is 55.8 cm³/mol. The first kappa shape index (κ1) is 10.6. The Morgan fingerprint density at radius 2 is 1.85 bits per heavy atom. The Hall–Kier alpha value is -0.530. The molecule has 2 nitrogen and oxygen atoms in total. The zero-order chi connectivity index (χ0) is 10.2. The summed E-state index contributed by atoms with van der Waals surface area (Å²) in [6.45, 7) is 13.1. The molecule has 1 rings (SSSR count). The number of rotatable bonds is 1. The van der Waals surface area contributed by atoms with Gasteiger partial charge in [0.05, 0.1) is 5.71 Å². The van der Waals surface area contributed by atoms with E-state index in [1.165, 1.54) is 5.71 Å². The molecule has 0 aromatic carbocycles. The van der Waals surface area contributed by atoms with E-state index in [-0.39, 0.29) is 11.5 Å². The van der Waals surface area contributed by atoms with Crippen molar-refractivity contribution >= 4 is 5.71 Å². The molecule has 0 N–H and O–H groups in total. The van der Waals surface area contributed by atoms with E-state index < -0.39 is 0 Å². The van der Waals surface area contributed by atoms with Crippen LogP contribution in [-0.4, -0.2) is 11.8 Å². The molecule has 76 valence electrons. The topological polar surface area (TPSA) is 21.6 Å². The lowest BCUT2D eigenvalue weighted by Gasteiger charge is -2.24. The van der Waals surface area contributed by atoms with E-state index in [0.717, 1.165) is 0 Å². The van der Waals surface area contributed by atoms with Crippen molar-refractivity contribution in [2.75, 3.05) is 0 Å². The fourth-order valence-electron chi connectivity index (χ4n) is 1.97. The molecule has 2 heteroatoms. The summed E-state index contributed by atoms with van der Waals surface area (Å²) >= 11 is 0. The lowest BCUT2D eigenvalue weighted by Crippen LogP contribution is -2.31. The minimum Gasteiger partial charge on any atom is -0.392 e. The van der Waals surface area contributed by atoms with Crippen LogP contribution in [0.3, 0.4) is 0 Å². The second-order valence-electron chi connectivity index (χ2n) is 5.33. The summed E-state index contributed by atoms with van der Waals surface area (Å²) in [4.78, 5) is 5.45. The molecule has 0 saturated heterocycles. The van der Waals surface area contributed by atoms with E-state index in [1.807, 2.05) is 0 Å². The van der Waals surface area contributed by atoms with Crippen LogP contribution in [0, 0.1) is 17.3 Å². The normalized spacial score (nSPS) is 29.0. The Morgan fingerprint density at radius 3 is 2.08 bits per heavy atom. The van der Waals surface area contributed by atoms with Gasteiger partial charge >= 0.3 is 0 Å². The zero-order valence-electron chi connectivity index (χ0n) is 9.59. The summed E-state index contributed by atoms with van der Waals surface area (Å²) in [5, 5.41) is 4.21. The molecule has 1 aliphatic rings. The minimum atomic E-state index is 0.142. The Kier molecular flexibility index (Phi) is 2.69. The van der Waals surface area contributed by atoms with Gasteiger partial charge in [0.15, 0.2) is 0 Å². The van der Waals surface area contributed by atoms with Gasteiger partial charge in [0.2, 0.25) is 0 Å². The van der Waals surface area contributed by atoms with E-state index in [1.54, 1.807) is 0 Å². The third-order valence-corrected chi connectivity index (χ3v) is 2.62. The smallest absolute Gasteiger partial charge is 0.137 e. The molecule has 0 amide bonds. The molecule has 2 atom stereocenters. The zero-order valence-corrected chi connectivity index (χ0v) is 9.59. The van der Waals surface area contributed by atoms with Crippen LogP contribution in [0.2, 0.25) is 0 Å². The lowest BCUT2D eigenvalue weighted by molar-refractivity contribution is 0.0320. The van der Waals surface area contributed by atoms with Crippen molar-refractivity contribution in [1.29, 1.82) is 0 Å². The van der Waals surface area contributed by atoms with E-state index in [2.05, 4.69) is 46.7 Å². The molecule has 0 spiro atoms. The first-order valence-corrected chi connectivity index (χ1v) is 5.08. The largest absolute Gasteiger partial charge is 0.392 e. The number of hydrogen-bond donors (Lipinski definition) is 0. The summed E-state index contributed by atoms with van der Waals surface area (Å²) in [6.07, 6.45) is 0.272. The maximum absolute atomic E-state index is 5.45. The van der Waals surface area contributed by atoms with E-state index in [0.29, 0.717) is 11.8 Å².